The molecule has 0 radical (unpaired) electrons. The van der Waals surface area contributed by atoms with Crippen molar-refractivity contribution in [3.8, 4) is 11.5 Å². The fourth-order valence-corrected chi connectivity index (χ4v) is 2.71. The van der Waals surface area contributed by atoms with Gasteiger partial charge in [0, 0.05) is 18.1 Å². The van der Waals surface area contributed by atoms with E-state index in [0.717, 1.165) is 22.2 Å². The van der Waals surface area contributed by atoms with E-state index in [2.05, 4.69) is 15.9 Å². The minimum Gasteiger partial charge on any atom is -0.496 e. The molecule has 0 fully saturated rings. The Morgan fingerprint density at radius 3 is 2.48 bits per heavy atom. The summed E-state index contributed by atoms with van der Waals surface area (Å²) in [6.45, 7) is 0.592. The minimum atomic E-state index is -0.0713. The fourth-order valence-electron chi connectivity index (χ4n) is 2.35. The van der Waals surface area contributed by atoms with Crippen LogP contribution in [0.15, 0.2) is 46.9 Å². The van der Waals surface area contributed by atoms with Crippen molar-refractivity contribution in [3.63, 3.8) is 0 Å². The lowest BCUT2D eigenvalue weighted by molar-refractivity contribution is 0.0793. The largest absolute Gasteiger partial charge is 0.496 e. The molecule has 1 amide bonds. The molecule has 0 N–H and O–H groups in total. The van der Waals surface area contributed by atoms with Crippen LogP contribution in [-0.2, 0) is 6.42 Å². The summed E-state index contributed by atoms with van der Waals surface area (Å²) < 4.78 is 11.5. The third kappa shape index (κ3) is 4.26. The topological polar surface area (TPSA) is 38.8 Å². The molecule has 0 saturated carbocycles. The second kappa shape index (κ2) is 8.02. The van der Waals surface area contributed by atoms with Gasteiger partial charge in [0.1, 0.15) is 11.5 Å². The van der Waals surface area contributed by atoms with Crippen LogP contribution in [0, 0.1) is 0 Å². The van der Waals surface area contributed by atoms with Crippen molar-refractivity contribution in [2.45, 2.75) is 6.42 Å². The van der Waals surface area contributed by atoms with Crippen LogP contribution in [0.3, 0.4) is 0 Å². The van der Waals surface area contributed by atoms with Crippen molar-refractivity contribution in [3.05, 3.63) is 58.1 Å². The third-order valence-corrected chi connectivity index (χ3v) is 4.14. The van der Waals surface area contributed by atoms with Gasteiger partial charge >= 0.3 is 0 Å². The van der Waals surface area contributed by atoms with Gasteiger partial charge in [-0.15, -0.1) is 0 Å². The van der Waals surface area contributed by atoms with Gasteiger partial charge in [-0.3, -0.25) is 4.79 Å². The first-order chi connectivity index (χ1) is 11.1. The first-order valence-corrected chi connectivity index (χ1v) is 8.07. The molecule has 0 atom stereocenters. The van der Waals surface area contributed by atoms with Crippen LogP contribution in [0.1, 0.15) is 15.9 Å². The number of ether oxygens (including phenoxy) is 2. The van der Waals surface area contributed by atoms with Gasteiger partial charge in [0.05, 0.1) is 19.8 Å². The molecule has 0 aromatic heterocycles. The standard InChI is InChI=1S/C18H20BrNO3/c1-20(11-10-13-6-4-5-7-16(13)22-2)18(21)15-12-14(19)8-9-17(15)23-3/h4-9,12H,10-11H2,1-3H3. The first-order valence-electron chi connectivity index (χ1n) is 7.27. The van der Waals surface area contributed by atoms with Crippen LogP contribution < -0.4 is 9.47 Å². The van der Waals surface area contributed by atoms with Crippen LogP contribution in [0.4, 0.5) is 0 Å². The number of benzene rings is 2. The Morgan fingerprint density at radius 1 is 1.09 bits per heavy atom. The Hall–Kier alpha value is -2.01. The predicted octanol–water partition coefficient (Wildman–Crippen LogP) is 3.78. The smallest absolute Gasteiger partial charge is 0.257 e. The summed E-state index contributed by atoms with van der Waals surface area (Å²) in [7, 11) is 5.01. The second-order valence-electron chi connectivity index (χ2n) is 5.13. The molecule has 0 aliphatic rings. The molecular weight excluding hydrogens is 358 g/mol. The average Bonchev–Trinajstić information content (AvgIpc) is 2.59. The van der Waals surface area contributed by atoms with Gasteiger partial charge in [0.15, 0.2) is 0 Å². The van der Waals surface area contributed by atoms with Crippen molar-refractivity contribution in [1.29, 1.82) is 0 Å². The SMILES string of the molecule is COc1ccccc1CCN(C)C(=O)c1cc(Br)ccc1OC. The Labute approximate surface area is 145 Å². The van der Waals surface area contributed by atoms with E-state index in [9.17, 15) is 4.79 Å². The maximum absolute atomic E-state index is 12.6. The van der Waals surface area contributed by atoms with Crippen molar-refractivity contribution in [1.82, 2.24) is 4.90 Å². The molecule has 0 heterocycles. The number of carbonyl (C=O) groups excluding carboxylic acids is 1. The number of methoxy groups -OCH3 is 2. The van der Waals surface area contributed by atoms with E-state index in [0.29, 0.717) is 17.9 Å². The van der Waals surface area contributed by atoms with Crippen molar-refractivity contribution in [2.75, 3.05) is 27.8 Å². The summed E-state index contributed by atoms with van der Waals surface area (Å²) >= 11 is 3.39. The van der Waals surface area contributed by atoms with Crippen molar-refractivity contribution in [2.24, 2.45) is 0 Å². The highest BCUT2D eigenvalue weighted by atomic mass is 79.9. The van der Waals surface area contributed by atoms with E-state index in [1.54, 1.807) is 38.3 Å². The first kappa shape index (κ1) is 17.3. The van der Waals surface area contributed by atoms with Crippen LogP contribution in [0.25, 0.3) is 0 Å². The Kier molecular flexibility index (Phi) is 6.04. The molecule has 0 unspecified atom stereocenters. The van der Waals surface area contributed by atoms with E-state index >= 15 is 0 Å². The van der Waals surface area contributed by atoms with E-state index in [1.165, 1.54) is 0 Å². The number of carbonyl (C=O) groups is 1. The number of hydrogen-bond acceptors (Lipinski definition) is 3. The number of amides is 1. The van der Waals surface area contributed by atoms with Gasteiger partial charge in [-0.25, -0.2) is 0 Å². The summed E-state index contributed by atoms with van der Waals surface area (Å²) in [6.07, 6.45) is 0.725. The highest BCUT2D eigenvalue weighted by molar-refractivity contribution is 9.10. The number of nitrogens with zero attached hydrogens (tertiary/aromatic N) is 1. The average molecular weight is 378 g/mol. The molecule has 5 heteroatoms. The zero-order valence-electron chi connectivity index (χ0n) is 13.5. The maximum atomic E-state index is 12.6. The summed E-state index contributed by atoms with van der Waals surface area (Å²) in [5.74, 6) is 1.34. The summed E-state index contributed by atoms with van der Waals surface area (Å²) in [5.41, 5.74) is 1.63. The zero-order valence-corrected chi connectivity index (χ0v) is 15.1. The zero-order chi connectivity index (χ0) is 16.8. The normalized spacial score (nSPS) is 10.3. The molecule has 0 saturated heterocycles. The Bertz CT molecular complexity index is 688. The number of likely N-dealkylation sites (N-methyl/N-ethyl adjacent to an activating group) is 1. The molecule has 2 aromatic carbocycles. The van der Waals surface area contributed by atoms with Crippen LogP contribution >= 0.6 is 15.9 Å². The molecular formula is C18H20BrNO3. The Balaban J connectivity index is 2.10. The summed E-state index contributed by atoms with van der Waals surface area (Å²) in [4.78, 5) is 14.3. The van der Waals surface area contributed by atoms with Gasteiger partial charge < -0.3 is 14.4 Å². The predicted molar refractivity (Wildman–Crippen MR) is 94.4 cm³/mol. The summed E-state index contributed by atoms with van der Waals surface area (Å²) in [6, 6.07) is 13.3. The molecule has 0 bridgehead atoms. The van der Waals surface area contributed by atoms with E-state index in [-0.39, 0.29) is 5.91 Å². The highest BCUT2D eigenvalue weighted by Gasteiger charge is 2.17. The molecule has 0 aliphatic heterocycles. The Morgan fingerprint density at radius 2 is 1.78 bits per heavy atom. The van der Waals surface area contributed by atoms with E-state index < -0.39 is 0 Å². The lowest BCUT2D eigenvalue weighted by Crippen LogP contribution is -2.29. The minimum absolute atomic E-state index is 0.0713. The van der Waals surface area contributed by atoms with Crippen molar-refractivity contribution >= 4 is 21.8 Å². The molecule has 23 heavy (non-hydrogen) atoms. The van der Waals surface area contributed by atoms with E-state index in [4.69, 9.17) is 9.47 Å². The fraction of sp³-hybridized carbons (Fsp3) is 0.278. The molecule has 0 aliphatic carbocycles. The van der Waals surface area contributed by atoms with Gasteiger partial charge in [-0.2, -0.15) is 0 Å². The monoisotopic (exact) mass is 377 g/mol. The molecule has 2 rings (SSSR count). The van der Waals surface area contributed by atoms with Crippen LogP contribution in [0.5, 0.6) is 11.5 Å². The maximum Gasteiger partial charge on any atom is 0.257 e. The third-order valence-electron chi connectivity index (χ3n) is 3.65. The lowest BCUT2D eigenvalue weighted by Gasteiger charge is -2.19. The molecule has 4 nitrogen and oxygen atoms in total. The number of rotatable bonds is 6. The lowest BCUT2D eigenvalue weighted by atomic mass is 10.1. The molecule has 0 spiro atoms. The van der Waals surface area contributed by atoms with Crippen LogP contribution in [-0.4, -0.2) is 38.6 Å². The van der Waals surface area contributed by atoms with Crippen molar-refractivity contribution < 1.29 is 14.3 Å². The van der Waals surface area contributed by atoms with Gasteiger partial charge in [-0.05, 0) is 36.2 Å². The highest BCUT2D eigenvalue weighted by Crippen LogP contribution is 2.24. The molecule has 2 aromatic rings. The molecule has 122 valence electrons. The van der Waals surface area contributed by atoms with Gasteiger partial charge in [0.25, 0.3) is 5.91 Å². The van der Waals surface area contributed by atoms with Gasteiger partial charge in [-0.1, -0.05) is 34.1 Å². The van der Waals surface area contributed by atoms with E-state index in [1.807, 2.05) is 30.3 Å². The summed E-state index contributed by atoms with van der Waals surface area (Å²) in [5, 5.41) is 0. The number of halogens is 1. The number of para-hydroxylation sites is 1. The second-order valence-corrected chi connectivity index (χ2v) is 6.05. The number of hydrogen-bond donors (Lipinski definition) is 0. The van der Waals surface area contributed by atoms with Gasteiger partial charge in [0.2, 0.25) is 0 Å². The van der Waals surface area contributed by atoms with Crippen LogP contribution in [0.2, 0.25) is 0 Å². The quantitative estimate of drug-likeness (QED) is 0.768.